The minimum Gasteiger partial charge on any atom is -0.493 e. The van der Waals surface area contributed by atoms with Gasteiger partial charge in [-0.25, -0.2) is 0 Å². The van der Waals surface area contributed by atoms with Crippen molar-refractivity contribution in [2.45, 2.75) is 13.3 Å². The molecule has 3 aromatic rings. The second kappa shape index (κ2) is 7.30. The summed E-state index contributed by atoms with van der Waals surface area (Å²) < 4.78 is 5.37. The Morgan fingerprint density at radius 2 is 1.72 bits per heavy atom. The lowest BCUT2D eigenvalue weighted by Crippen LogP contribution is -2.04. The molecule has 0 saturated carbocycles. The number of pyridine rings is 1. The first-order valence-electron chi connectivity index (χ1n) is 8.35. The van der Waals surface area contributed by atoms with Crippen molar-refractivity contribution in [3.8, 4) is 5.75 Å². The molecule has 2 heterocycles. The Hall–Kier alpha value is -2.95. The Morgan fingerprint density at radius 3 is 2.48 bits per heavy atom. The topological polar surface area (TPSA) is 66.2 Å². The van der Waals surface area contributed by atoms with E-state index in [1.165, 1.54) is 5.56 Å². The Bertz CT molecular complexity index is 947. The van der Waals surface area contributed by atoms with Crippen molar-refractivity contribution in [1.82, 2.24) is 4.98 Å². The number of ether oxygens (including phenoxy) is 1. The molecule has 0 atom stereocenters. The monoisotopic (exact) mass is 337 g/mol. The molecule has 2 aromatic carbocycles. The van der Waals surface area contributed by atoms with E-state index < -0.39 is 0 Å². The van der Waals surface area contributed by atoms with Crippen LogP contribution in [0.1, 0.15) is 11.1 Å². The smallest absolute Gasteiger partial charge is 0.248 e. The van der Waals surface area contributed by atoms with Gasteiger partial charge in [0, 0.05) is 43.3 Å². The molecule has 3 N–H and O–H groups in total. The largest absolute Gasteiger partial charge is 0.493 e. The van der Waals surface area contributed by atoms with Gasteiger partial charge in [-0.15, -0.1) is 0 Å². The number of aromatic amines is 1. The minimum atomic E-state index is -0.0525. The zero-order valence-electron chi connectivity index (χ0n) is 14.8. The van der Waals surface area contributed by atoms with Crippen LogP contribution in [-0.2, 0) is 6.42 Å². The van der Waals surface area contributed by atoms with E-state index in [9.17, 15) is 4.79 Å². The molecule has 0 radical (unpaired) electrons. The highest BCUT2D eigenvalue weighted by Crippen LogP contribution is 2.27. The second-order valence-electron chi connectivity index (χ2n) is 6.00. The lowest BCUT2D eigenvalue weighted by molar-refractivity contribution is 0.357. The molecular weight excluding hydrogens is 314 g/mol. The van der Waals surface area contributed by atoms with Crippen LogP contribution in [0.15, 0.2) is 47.3 Å². The van der Waals surface area contributed by atoms with Crippen LogP contribution in [0.4, 0.5) is 11.4 Å². The molecule has 0 bridgehead atoms. The molecule has 0 fully saturated rings. The molecule has 1 aromatic heterocycles. The van der Waals surface area contributed by atoms with E-state index in [2.05, 4.69) is 21.7 Å². The normalized spacial score (nSPS) is 12.0. The first-order chi connectivity index (χ1) is 12.1. The van der Waals surface area contributed by atoms with Crippen molar-refractivity contribution in [3.05, 3.63) is 63.9 Å². The predicted octanol–water partition coefficient (Wildman–Crippen LogP) is 3.54. The summed E-state index contributed by atoms with van der Waals surface area (Å²) in [6.07, 6.45) is 1.05. The van der Waals surface area contributed by atoms with Gasteiger partial charge >= 0.3 is 0 Å². The molecule has 0 amide bonds. The number of benzene rings is 2. The summed E-state index contributed by atoms with van der Waals surface area (Å²) in [7, 11) is 3.78. The van der Waals surface area contributed by atoms with Crippen LogP contribution in [0.5, 0.6) is 5.75 Å². The third-order valence-electron chi connectivity index (χ3n) is 4.32. The van der Waals surface area contributed by atoms with E-state index in [0.29, 0.717) is 0 Å². The highest BCUT2D eigenvalue weighted by Gasteiger charge is 2.10. The molecule has 5 heteroatoms. The number of anilines is 2. The van der Waals surface area contributed by atoms with Crippen LogP contribution in [0.3, 0.4) is 0 Å². The van der Waals surface area contributed by atoms with Gasteiger partial charge in [-0.3, -0.25) is 4.79 Å². The summed E-state index contributed by atoms with van der Waals surface area (Å²) in [4.78, 5) is 14.0. The molecule has 0 aliphatic carbocycles. The Balaban J connectivity index is 0.000000150. The van der Waals surface area contributed by atoms with Crippen molar-refractivity contribution in [2.24, 2.45) is 0 Å². The lowest BCUT2D eigenvalue weighted by atomic mass is 10.1. The first kappa shape index (κ1) is 16.9. The summed E-state index contributed by atoms with van der Waals surface area (Å²) in [5.74, 6) is 1.05. The highest BCUT2D eigenvalue weighted by molar-refractivity contribution is 5.84. The van der Waals surface area contributed by atoms with Crippen molar-refractivity contribution in [2.75, 3.05) is 31.3 Å². The number of nitrogens with one attached hydrogen (secondary N) is 3. The zero-order chi connectivity index (χ0) is 17.8. The molecule has 0 saturated heterocycles. The molecule has 0 unspecified atom stereocenters. The molecule has 4 rings (SSSR count). The Labute approximate surface area is 147 Å². The van der Waals surface area contributed by atoms with Gasteiger partial charge in [0.05, 0.1) is 12.1 Å². The first-order valence-corrected chi connectivity index (χ1v) is 8.35. The number of aromatic nitrogens is 1. The number of hydrogen-bond acceptors (Lipinski definition) is 4. The molecule has 5 nitrogen and oxygen atoms in total. The third-order valence-corrected chi connectivity index (χ3v) is 4.32. The number of fused-ring (bicyclic) bond motifs is 2. The quantitative estimate of drug-likeness (QED) is 0.669. The maximum atomic E-state index is 11.2. The van der Waals surface area contributed by atoms with Crippen LogP contribution in [0.25, 0.3) is 10.9 Å². The lowest BCUT2D eigenvalue weighted by Gasteiger charge is -2.04. The van der Waals surface area contributed by atoms with Gasteiger partial charge in [0.1, 0.15) is 5.75 Å². The number of hydrogen-bond donors (Lipinski definition) is 3. The van der Waals surface area contributed by atoms with Crippen LogP contribution >= 0.6 is 0 Å². The van der Waals surface area contributed by atoms with Gasteiger partial charge in [-0.1, -0.05) is 6.07 Å². The van der Waals surface area contributed by atoms with Crippen LogP contribution in [0, 0.1) is 6.92 Å². The van der Waals surface area contributed by atoms with Crippen molar-refractivity contribution < 1.29 is 4.74 Å². The van der Waals surface area contributed by atoms with Gasteiger partial charge in [0.25, 0.3) is 0 Å². The molecular formula is C20H23N3O2. The summed E-state index contributed by atoms with van der Waals surface area (Å²) in [6, 6.07) is 13.7. The van der Waals surface area contributed by atoms with Gasteiger partial charge in [-0.2, -0.15) is 0 Å². The fourth-order valence-electron chi connectivity index (χ4n) is 2.93. The van der Waals surface area contributed by atoms with E-state index in [1.54, 1.807) is 6.07 Å². The fourth-order valence-corrected chi connectivity index (χ4v) is 2.93. The van der Waals surface area contributed by atoms with Gasteiger partial charge in [-0.05, 0) is 48.4 Å². The van der Waals surface area contributed by atoms with Gasteiger partial charge in [0.15, 0.2) is 0 Å². The Kier molecular flexibility index (Phi) is 4.93. The minimum absolute atomic E-state index is 0.0525. The molecule has 0 spiro atoms. The third kappa shape index (κ3) is 3.76. The second-order valence-corrected chi connectivity index (χ2v) is 6.00. The highest BCUT2D eigenvalue weighted by atomic mass is 16.5. The van der Waals surface area contributed by atoms with Crippen molar-refractivity contribution in [1.29, 1.82) is 0 Å². The maximum absolute atomic E-state index is 11.2. The van der Waals surface area contributed by atoms with Crippen LogP contribution in [0.2, 0.25) is 0 Å². The van der Waals surface area contributed by atoms with E-state index in [1.807, 2.05) is 51.4 Å². The SMILES string of the molecule is CNc1ccc2c(C)cc(=O)[nH]c2c1.CNc1ccc2c(c1)CCO2. The number of aryl methyl sites for hydroxylation is 1. The summed E-state index contributed by atoms with van der Waals surface area (Å²) in [5, 5.41) is 7.22. The van der Waals surface area contributed by atoms with Gasteiger partial charge < -0.3 is 20.4 Å². The van der Waals surface area contributed by atoms with E-state index in [-0.39, 0.29) is 5.56 Å². The van der Waals surface area contributed by atoms with Gasteiger partial charge in [0.2, 0.25) is 5.56 Å². The fraction of sp³-hybridized carbons (Fsp3) is 0.250. The standard InChI is InChI=1S/C11H12N2O.C9H11NO/c1-7-5-11(14)13-10-6-8(12-2)3-4-9(7)10;1-10-8-2-3-9-7(6-8)4-5-11-9/h3-6,12H,1-2H3,(H,13,14);2-3,6,10H,4-5H2,1H3. The van der Waals surface area contributed by atoms with Crippen molar-refractivity contribution >= 4 is 22.3 Å². The van der Waals surface area contributed by atoms with Crippen LogP contribution < -0.4 is 20.9 Å². The summed E-state index contributed by atoms with van der Waals surface area (Å²) in [5.41, 5.74) is 5.31. The summed E-state index contributed by atoms with van der Waals surface area (Å²) in [6.45, 7) is 2.78. The van der Waals surface area contributed by atoms with E-state index >= 15 is 0 Å². The van der Waals surface area contributed by atoms with E-state index in [0.717, 1.165) is 46.6 Å². The summed E-state index contributed by atoms with van der Waals surface area (Å²) >= 11 is 0. The molecule has 25 heavy (non-hydrogen) atoms. The van der Waals surface area contributed by atoms with E-state index in [4.69, 9.17) is 4.74 Å². The Morgan fingerprint density at radius 1 is 1.00 bits per heavy atom. The average Bonchev–Trinajstić information content (AvgIpc) is 3.09. The van der Waals surface area contributed by atoms with Crippen LogP contribution in [-0.4, -0.2) is 25.7 Å². The molecule has 1 aliphatic rings. The predicted molar refractivity (Wildman–Crippen MR) is 104 cm³/mol. The maximum Gasteiger partial charge on any atom is 0.248 e. The number of rotatable bonds is 2. The average molecular weight is 337 g/mol. The zero-order valence-corrected chi connectivity index (χ0v) is 14.8. The van der Waals surface area contributed by atoms with Crippen molar-refractivity contribution in [3.63, 3.8) is 0 Å². The number of H-pyrrole nitrogens is 1. The molecule has 130 valence electrons. The molecule has 1 aliphatic heterocycles.